The van der Waals surface area contributed by atoms with Crippen molar-refractivity contribution in [1.29, 1.82) is 0 Å². The third-order valence-electron chi connectivity index (χ3n) is 3.41. The summed E-state index contributed by atoms with van der Waals surface area (Å²) in [6, 6.07) is 14.4. The second kappa shape index (κ2) is 5.75. The minimum atomic E-state index is 0.722. The maximum atomic E-state index is 5.72. The van der Waals surface area contributed by atoms with Crippen LogP contribution in [0.15, 0.2) is 46.9 Å². The standard InChI is InChI=1S/C16H16BrNO2/c1-19-14-5-2-12(3-6-14)11-18-8-9-20-16-10-13(17)4-7-15(16)18/h2-7,10H,8-9,11H2,1H3. The molecule has 0 fully saturated rings. The molecule has 1 aliphatic rings. The molecule has 3 nitrogen and oxygen atoms in total. The first-order chi connectivity index (χ1) is 9.76. The molecule has 0 saturated heterocycles. The Morgan fingerprint density at radius 2 is 2.00 bits per heavy atom. The molecule has 0 unspecified atom stereocenters. The van der Waals surface area contributed by atoms with Gasteiger partial charge in [0.1, 0.15) is 18.1 Å². The Hall–Kier alpha value is -1.68. The van der Waals surface area contributed by atoms with Crippen molar-refractivity contribution in [2.24, 2.45) is 0 Å². The summed E-state index contributed by atoms with van der Waals surface area (Å²) in [5.41, 5.74) is 2.41. The van der Waals surface area contributed by atoms with E-state index in [4.69, 9.17) is 9.47 Å². The van der Waals surface area contributed by atoms with Crippen molar-refractivity contribution in [3.63, 3.8) is 0 Å². The lowest BCUT2D eigenvalue weighted by molar-refractivity contribution is 0.306. The monoisotopic (exact) mass is 333 g/mol. The predicted molar refractivity (Wildman–Crippen MR) is 83.7 cm³/mol. The van der Waals surface area contributed by atoms with Crippen LogP contribution in [0, 0.1) is 0 Å². The van der Waals surface area contributed by atoms with Gasteiger partial charge in [-0.15, -0.1) is 0 Å². The molecular weight excluding hydrogens is 318 g/mol. The quantitative estimate of drug-likeness (QED) is 0.851. The fourth-order valence-corrected chi connectivity index (χ4v) is 2.71. The minimum Gasteiger partial charge on any atom is -0.497 e. The maximum Gasteiger partial charge on any atom is 0.143 e. The molecule has 2 aromatic rings. The SMILES string of the molecule is COc1ccc(CN2CCOc3cc(Br)ccc32)cc1. The molecule has 104 valence electrons. The molecule has 0 radical (unpaired) electrons. The number of nitrogens with zero attached hydrogens (tertiary/aromatic N) is 1. The Bertz CT molecular complexity index is 598. The van der Waals surface area contributed by atoms with Gasteiger partial charge in [0.2, 0.25) is 0 Å². The largest absolute Gasteiger partial charge is 0.497 e. The van der Waals surface area contributed by atoms with Gasteiger partial charge in [-0.05, 0) is 35.9 Å². The van der Waals surface area contributed by atoms with Crippen LogP contribution in [-0.4, -0.2) is 20.3 Å². The second-order valence-corrected chi connectivity index (χ2v) is 5.65. The summed E-state index contributed by atoms with van der Waals surface area (Å²) >= 11 is 3.48. The van der Waals surface area contributed by atoms with Gasteiger partial charge < -0.3 is 14.4 Å². The van der Waals surface area contributed by atoms with Gasteiger partial charge in [0, 0.05) is 11.0 Å². The van der Waals surface area contributed by atoms with E-state index in [1.807, 2.05) is 18.2 Å². The summed E-state index contributed by atoms with van der Waals surface area (Å²) < 4.78 is 12.0. The van der Waals surface area contributed by atoms with E-state index < -0.39 is 0 Å². The van der Waals surface area contributed by atoms with E-state index >= 15 is 0 Å². The van der Waals surface area contributed by atoms with Crippen LogP contribution >= 0.6 is 15.9 Å². The lowest BCUT2D eigenvalue weighted by Gasteiger charge is -2.31. The van der Waals surface area contributed by atoms with Gasteiger partial charge in [-0.1, -0.05) is 28.1 Å². The molecular formula is C16H16BrNO2. The van der Waals surface area contributed by atoms with Crippen molar-refractivity contribution < 1.29 is 9.47 Å². The molecule has 20 heavy (non-hydrogen) atoms. The van der Waals surface area contributed by atoms with Crippen molar-refractivity contribution in [2.75, 3.05) is 25.2 Å². The van der Waals surface area contributed by atoms with Crippen LogP contribution in [0.25, 0.3) is 0 Å². The van der Waals surface area contributed by atoms with Gasteiger partial charge >= 0.3 is 0 Å². The molecule has 3 rings (SSSR count). The molecule has 1 heterocycles. The maximum absolute atomic E-state index is 5.72. The first kappa shape index (κ1) is 13.3. The Morgan fingerprint density at radius 1 is 1.20 bits per heavy atom. The highest BCUT2D eigenvalue weighted by Crippen LogP contribution is 2.34. The molecule has 0 aliphatic carbocycles. The average molecular weight is 334 g/mol. The van der Waals surface area contributed by atoms with Crippen LogP contribution in [0.4, 0.5) is 5.69 Å². The van der Waals surface area contributed by atoms with Gasteiger partial charge in [-0.3, -0.25) is 0 Å². The Morgan fingerprint density at radius 3 is 2.75 bits per heavy atom. The normalized spacial score (nSPS) is 13.6. The highest BCUT2D eigenvalue weighted by molar-refractivity contribution is 9.10. The summed E-state index contributed by atoms with van der Waals surface area (Å²) in [4.78, 5) is 2.34. The smallest absolute Gasteiger partial charge is 0.143 e. The van der Waals surface area contributed by atoms with E-state index in [0.29, 0.717) is 0 Å². The van der Waals surface area contributed by atoms with Gasteiger partial charge in [0.05, 0.1) is 19.3 Å². The first-order valence-electron chi connectivity index (χ1n) is 6.56. The van der Waals surface area contributed by atoms with Crippen LogP contribution in [0.2, 0.25) is 0 Å². The van der Waals surface area contributed by atoms with Gasteiger partial charge in [-0.25, -0.2) is 0 Å². The number of halogens is 1. The number of benzene rings is 2. The van der Waals surface area contributed by atoms with Crippen molar-refractivity contribution in [2.45, 2.75) is 6.54 Å². The molecule has 0 aromatic heterocycles. The van der Waals surface area contributed by atoms with E-state index in [-0.39, 0.29) is 0 Å². The topological polar surface area (TPSA) is 21.7 Å². The second-order valence-electron chi connectivity index (χ2n) is 4.73. The number of methoxy groups -OCH3 is 1. The Balaban J connectivity index is 1.81. The number of fused-ring (bicyclic) bond motifs is 1. The first-order valence-corrected chi connectivity index (χ1v) is 7.36. The lowest BCUT2D eigenvalue weighted by Crippen LogP contribution is -2.32. The predicted octanol–water partition coefficient (Wildman–Crippen LogP) is 3.86. The van der Waals surface area contributed by atoms with Crippen LogP contribution < -0.4 is 14.4 Å². The van der Waals surface area contributed by atoms with E-state index in [1.165, 1.54) is 5.56 Å². The number of hydrogen-bond donors (Lipinski definition) is 0. The van der Waals surface area contributed by atoms with Crippen LogP contribution in [-0.2, 0) is 6.54 Å². The molecule has 0 spiro atoms. The summed E-state index contributed by atoms with van der Waals surface area (Å²) in [7, 11) is 1.69. The zero-order valence-electron chi connectivity index (χ0n) is 11.3. The van der Waals surface area contributed by atoms with E-state index in [9.17, 15) is 0 Å². The van der Waals surface area contributed by atoms with Crippen LogP contribution in [0.1, 0.15) is 5.56 Å². The van der Waals surface area contributed by atoms with Gasteiger partial charge in [-0.2, -0.15) is 0 Å². The molecule has 0 amide bonds. The van der Waals surface area contributed by atoms with E-state index in [2.05, 4.69) is 45.1 Å². The highest BCUT2D eigenvalue weighted by atomic mass is 79.9. The summed E-state index contributed by atoms with van der Waals surface area (Å²) in [6.07, 6.45) is 0. The fourth-order valence-electron chi connectivity index (χ4n) is 2.37. The van der Waals surface area contributed by atoms with E-state index in [0.717, 1.165) is 41.4 Å². The zero-order valence-corrected chi connectivity index (χ0v) is 12.9. The molecule has 0 bridgehead atoms. The van der Waals surface area contributed by atoms with Crippen molar-refractivity contribution in [1.82, 2.24) is 0 Å². The third-order valence-corrected chi connectivity index (χ3v) is 3.91. The van der Waals surface area contributed by atoms with Gasteiger partial charge in [0.15, 0.2) is 0 Å². The fraction of sp³-hybridized carbons (Fsp3) is 0.250. The zero-order chi connectivity index (χ0) is 13.9. The number of ether oxygens (including phenoxy) is 2. The number of anilines is 1. The summed E-state index contributed by atoms with van der Waals surface area (Å²) in [5.74, 6) is 1.83. The molecule has 0 atom stereocenters. The highest BCUT2D eigenvalue weighted by Gasteiger charge is 2.18. The summed E-state index contributed by atoms with van der Waals surface area (Å²) in [6.45, 7) is 2.50. The number of hydrogen-bond acceptors (Lipinski definition) is 3. The van der Waals surface area contributed by atoms with Gasteiger partial charge in [0.25, 0.3) is 0 Å². The Kier molecular flexibility index (Phi) is 3.83. The molecule has 2 aromatic carbocycles. The van der Waals surface area contributed by atoms with Crippen molar-refractivity contribution in [3.05, 3.63) is 52.5 Å². The molecule has 1 aliphatic heterocycles. The van der Waals surface area contributed by atoms with Crippen molar-refractivity contribution in [3.8, 4) is 11.5 Å². The van der Waals surface area contributed by atoms with Crippen LogP contribution in [0.3, 0.4) is 0 Å². The van der Waals surface area contributed by atoms with Crippen LogP contribution in [0.5, 0.6) is 11.5 Å². The lowest BCUT2D eigenvalue weighted by atomic mass is 10.1. The third kappa shape index (κ3) is 2.75. The van der Waals surface area contributed by atoms with Crippen molar-refractivity contribution >= 4 is 21.6 Å². The molecule has 0 saturated carbocycles. The Labute approximate surface area is 127 Å². The average Bonchev–Trinajstić information content (AvgIpc) is 2.48. The molecule has 0 N–H and O–H groups in total. The van der Waals surface area contributed by atoms with E-state index in [1.54, 1.807) is 7.11 Å². The summed E-state index contributed by atoms with van der Waals surface area (Å²) in [5, 5.41) is 0. The number of rotatable bonds is 3. The molecule has 4 heteroatoms. The minimum absolute atomic E-state index is 0.722.